The summed E-state index contributed by atoms with van der Waals surface area (Å²) < 4.78 is 0. The van der Waals surface area contributed by atoms with E-state index in [2.05, 4.69) is 0 Å². The van der Waals surface area contributed by atoms with Crippen LogP contribution in [0.15, 0.2) is 24.3 Å². The number of carbonyl (C=O) groups is 2. The Balaban J connectivity index is 0.000000424. The van der Waals surface area contributed by atoms with Crippen molar-refractivity contribution in [2.75, 3.05) is 0 Å². The molecule has 0 saturated carbocycles. The Kier molecular flexibility index (Phi) is 5.44. The fraction of sp³-hybridized carbons (Fsp3) is 0.273. The molecule has 0 saturated heterocycles. The average Bonchev–Trinajstić information content (AvgIpc) is 2.06. The summed E-state index contributed by atoms with van der Waals surface area (Å²) in [4.78, 5) is 19.6. The van der Waals surface area contributed by atoms with E-state index in [0.717, 1.165) is 11.8 Å². The van der Waals surface area contributed by atoms with E-state index >= 15 is 0 Å². The van der Waals surface area contributed by atoms with Crippen molar-refractivity contribution >= 4 is 12.1 Å². The molecular weight excluding hydrogens is 164 g/mol. The molecule has 70 valence electrons. The molecule has 0 atom stereocenters. The Labute approximate surface area is 78.6 Å². The first-order valence-electron chi connectivity index (χ1n) is 4.09. The highest BCUT2D eigenvalue weighted by molar-refractivity contribution is 5.93. The second-order valence-corrected chi connectivity index (χ2v) is 2.66. The molecule has 1 rings (SSSR count). The van der Waals surface area contributed by atoms with Crippen molar-refractivity contribution < 1.29 is 9.59 Å². The zero-order chi connectivity index (χ0) is 10.3. The molecule has 0 unspecified atom stereocenters. The Hall–Kier alpha value is -1.44. The van der Waals surface area contributed by atoms with E-state index in [-0.39, 0.29) is 5.78 Å². The van der Waals surface area contributed by atoms with Crippen molar-refractivity contribution in [3.05, 3.63) is 35.4 Å². The summed E-state index contributed by atoms with van der Waals surface area (Å²) in [5, 5.41) is 0. The Morgan fingerprint density at radius 1 is 1.23 bits per heavy atom. The van der Waals surface area contributed by atoms with Gasteiger partial charge in [0.25, 0.3) is 0 Å². The Morgan fingerprint density at radius 2 is 1.62 bits per heavy atom. The first-order valence-corrected chi connectivity index (χ1v) is 4.09. The summed E-state index contributed by atoms with van der Waals surface area (Å²) in [7, 11) is 0. The highest BCUT2D eigenvalue weighted by Gasteiger charge is 1.95. The van der Waals surface area contributed by atoms with Crippen molar-refractivity contribution in [2.45, 2.75) is 20.8 Å². The first kappa shape index (κ1) is 11.6. The van der Waals surface area contributed by atoms with Gasteiger partial charge in [-0.3, -0.25) is 4.79 Å². The van der Waals surface area contributed by atoms with Gasteiger partial charge in [0.2, 0.25) is 0 Å². The predicted octanol–water partition coefficient (Wildman–Crippen LogP) is 2.40. The highest BCUT2D eigenvalue weighted by atomic mass is 16.1. The van der Waals surface area contributed by atoms with Crippen molar-refractivity contribution in [2.24, 2.45) is 0 Å². The first-order chi connectivity index (χ1) is 6.11. The summed E-state index contributed by atoms with van der Waals surface area (Å²) in [6.07, 6.45) is 0.750. The molecule has 0 bridgehead atoms. The maximum absolute atomic E-state index is 10.8. The quantitative estimate of drug-likeness (QED) is 0.489. The van der Waals surface area contributed by atoms with Gasteiger partial charge in [-0.1, -0.05) is 29.8 Å². The molecule has 0 aromatic heterocycles. The number of aryl methyl sites for hydroxylation is 1. The van der Waals surface area contributed by atoms with E-state index in [1.165, 1.54) is 12.5 Å². The van der Waals surface area contributed by atoms with E-state index in [0.29, 0.717) is 0 Å². The van der Waals surface area contributed by atoms with Crippen LogP contribution in [0.2, 0.25) is 0 Å². The van der Waals surface area contributed by atoms with Crippen LogP contribution >= 0.6 is 0 Å². The number of Topliss-reactive ketones (excluding diaryl/α,β-unsaturated/α-hetero) is 1. The van der Waals surface area contributed by atoms with Gasteiger partial charge in [0, 0.05) is 5.56 Å². The van der Waals surface area contributed by atoms with Crippen LogP contribution in [0.1, 0.15) is 29.8 Å². The van der Waals surface area contributed by atoms with Gasteiger partial charge in [-0.25, -0.2) is 0 Å². The van der Waals surface area contributed by atoms with Crippen LogP contribution in [-0.2, 0) is 4.79 Å². The number of rotatable bonds is 1. The van der Waals surface area contributed by atoms with Gasteiger partial charge in [-0.2, -0.15) is 0 Å². The summed E-state index contributed by atoms with van der Waals surface area (Å²) >= 11 is 0. The maximum Gasteiger partial charge on any atom is 0.159 e. The Bertz CT molecular complexity index is 273. The van der Waals surface area contributed by atoms with E-state index in [9.17, 15) is 4.79 Å². The molecule has 2 heteroatoms. The zero-order valence-corrected chi connectivity index (χ0v) is 8.20. The number of ketones is 1. The van der Waals surface area contributed by atoms with Crippen molar-refractivity contribution in [1.29, 1.82) is 0 Å². The van der Waals surface area contributed by atoms with Crippen molar-refractivity contribution in [1.82, 2.24) is 0 Å². The lowest BCUT2D eigenvalue weighted by molar-refractivity contribution is -0.106. The van der Waals surface area contributed by atoms with Gasteiger partial charge in [0.1, 0.15) is 6.29 Å². The molecule has 13 heavy (non-hydrogen) atoms. The van der Waals surface area contributed by atoms with Crippen LogP contribution in [0.4, 0.5) is 0 Å². The lowest BCUT2D eigenvalue weighted by Gasteiger charge is -1.93. The van der Waals surface area contributed by atoms with Crippen molar-refractivity contribution in [3.63, 3.8) is 0 Å². The maximum atomic E-state index is 10.8. The number of hydrogen-bond acceptors (Lipinski definition) is 2. The molecule has 0 radical (unpaired) electrons. The number of aldehydes is 1. The third-order valence-corrected chi connectivity index (χ3v) is 1.46. The highest BCUT2D eigenvalue weighted by Crippen LogP contribution is 2.02. The van der Waals surface area contributed by atoms with E-state index in [4.69, 9.17) is 4.79 Å². The second-order valence-electron chi connectivity index (χ2n) is 2.66. The lowest BCUT2D eigenvalue weighted by atomic mass is 10.1. The van der Waals surface area contributed by atoms with Gasteiger partial charge >= 0.3 is 0 Å². The van der Waals surface area contributed by atoms with Gasteiger partial charge in [-0.05, 0) is 20.8 Å². The molecule has 0 amide bonds. The average molecular weight is 178 g/mol. The molecule has 0 N–H and O–H groups in total. The van der Waals surface area contributed by atoms with E-state index in [1.807, 2.05) is 31.2 Å². The zero-order valence-electron chi connectivity index (χ0n) is 8.20. The molecule has 0 aliphatic heterocycles. The molecule has 0 spiro atoms. The van der Waals surface area contributed by atoms with Crippen LogP contribution in [-0.4, -0.2) is 12.1 Å². The third kappa shape index (κ3) is 4.90. The fourth-order valence-corrected chi connectivity index (χ4v) is 0.788. The molecule has 0 fully saturated rings. The second kappa shape index (κ2) is 6.12. The van der Waals surface area contributed by atoms with Crippen molar-refractivity contribution in [3.8, 4) is 0 Å². The van der Waals surface area contributed by atoms with Gasteiger partial charge in [0.05, 0.1) is 0 Å². The molecule has 0 aliphatic carbocycles. The number of carbonyl (C=O) groups excluding carboxylic acids is 2. The minimum absolute atomic E-state index is 0.125. The summed E-state index contributed by atoms with van der Waals surface area (Å²) in [6.45, 7) is 5.02. The van der Waals surface area contributed by atoms with Crippen LogP contribution in [0.5, 0.6) is 0 Å². The van der Waals surface area contributed by atoms with Crippen LogP contribution in [0, 0.1) is 6.92 Å². The molecule has 0 aliphatic rings. The lowest BCUT2D eigenvalue weighted by Crippen LogP contribution is -1.90. The summed E-state index contributed by atoms with van der Waals surface area (Å²) in [6, 6.07) is 7.57. The fourth-order valence-electron chi connectivity index (χ4n) is 0.788. The third-order valence-electron chi connectivity index (χ3n) is 1.46. The van der Waals surface area contributed by atoms with Crippen LogP contribution in [0.3, 0.4) is 0 Å². The van der Waals surface area contributed by atoms with E-state index < -0.39 is 0 Å². The van der Waals surface area contributed by atoms with Crippen LogP contribution < -0.4 is 0 Å². The molecule has 1 aromatic carbocycles. The van der Waals surface area contributed by atoms with Crippen LogP contribution in [0.25, 0.3) is 0 Å². The number of hydrogen-bond donors (Lipinski definition) is 0. The summed E-state index contributed by atoms with van der Waals surface area (Å²) in [5.41, 5.74) is 1.97. The molecule has 2 nitrogen and oxygen atoms in total. The SMILES string of the molecule is CC(=O)c1ccc(C)cc1.CC=O. The standard InChI is InChI=1S/C9H10O.C2H4O/c1-7-3-5-9(6-4-7)8(2)10;1-2-3/h3-6H,1-2H3;2H,1H3. The monoisotopic (exact) mass is 178 g/mol. The van der Waals surface area contributed by atoms with Gasteiger partial charge < -0.3 is 4.79 Å². The van der Waals surface area contributed by atoms with E-state index in [1.54, 1.807) is 6.92 Å². The topological polar surface area (TPSA) is 34.1 Å². The molecular formula is C11H14O2. The largest absolute Gasteiger partial charge is 0.304 e. The molecule has 0 heterocycles. The Morgan fingerprint density at radius 3 is 1.92 bits per heavy atom. The normalized spacial score (nSPS) is 8.23. The van der Waals surface area contributed by atoms with Gasteiger partial charge in [-0.15, -0.1) is 0 Å². The number of benzene rings is 1. The minimum atomic E-state index is 0.125. The van der Waals surface area contributed by atoms with Gasteiger partial charge in [0.15, 0.2) is 5.78 Å². The summed E-state index contributed by atoms with van der Waals surface area (Å²) in [5.74, 6) is 0.125. The predicted molar refractivity (Wildman–Crippen MR) is 52.9 cm³/mol. The smallest absolute Gasteiger partial charge is 0.159 e. The molecule has 1 aromatic rings. The minimum Gasteiger partial charge on any atom is -0.304 e.